The van der Waals surface area contributed by atoms with E-state index < -0.39 is 11.6 Å². The lowest BCUT2D eigenvalue weighted by atomic mass is 9.96. The minimum absolute atomic E-state index is 0.164. The zero-order valence-electron chi connectivity index (χ0n) is 16.3. The van der Waals surface area contributed by atoms with E-state index in [0.717, 1.165) is 27.8 Å². The summed E-state index contributed by atoms with van der Waals surface area (Å²) >= 11 is 3.40. The van der Waals surface area contributed by atoms with Crippen LogP contribution in [0.5, 0.6) is 0 Å². The van der Waals surface area contributed by atoms with E-state index in [4.69, 9.17) is 4.42 Å². The average molecular weight is 460 g/mol. The molecule has 7 nitrogen and oxygen atoms in total. The Kier molecular flexibility index (Phi) is 4.98. The van der Waals surface area contributed by atoms with Crippen LogP contribution >= 0.6 is 15.9 Å². The number of likely N-dealkylation sites (N-methyl/N-ethyl adjacent to an activating group) is 1. The van der Waals surface area contributed by atoms with Crippen molar-refractivity contribution in [2.24, 2.45) is 5.92 Å². The SMILES string of the molecule is CN(Cc1ccc(-c2ccc(Br)cc2)o1)C(=O)CN1C(=O)N[C@](C)(C2CC2)C1=O. The van der Waals surface area contributed by atoms with E-state index in [1.165, 1.54) is 4.90 Å². The Labute approximate surface area is 177 Å². The first-order valence-electron chi connectivity index (χ1n) is 9.50. The van der Waals surface area contributed by atoms with Crippen molar-refractivity contribution in [1.29, 1.82) is 0 Å². The lowest BCUT2D eigenvalue weighted by molar-refractivity contribution is -0.138. The van der Waals surface area contributed by atoms with Crippen molar-refractivity contribution >= 4 is 33.8 Å². The fourth-order valence-electron chi connectivity index (χ4n) is 3.61. The van der Waals surface area contributed by atoms with E-state index in [2.05, 4.69) is 21.2 Å². The minimum atomic E-state index is -0.878. The van der Waals surface area contributed by atoms with Crippen molar-refractivity contribution in [3.05, 3.63) is 46.6 Å². The summed E-state index contributed by atoms with van der Waals surface area (Å²) in [5.41, 5.74) is 0.0587. The summed E-state index contributed by atoms with van der Waals surface area (Å²) in [4.78, 5) is 40.0. The highest BCUT2D eigenvalue weighted by atomic mass is 79.9. The third-order valence-electron chi connectivity index (χ3n) is 5.60. The summed E-state index contributed by atoms with van der Waals surface area (Å²) in [6.45, 7) is 1.72. The number of furan rings is 1. The summed E-state index contributed by atoms with van der Waals surface area (Å²) < 4.78 is 6.83. The van der Waals surface area contributed by atoms with E-state index in [0.29, 0.717) is 11.5 Å². The second kappa shape index (κ2) is 7.33. The Morgan fingerprint density at radius 1 is 1.24 bits per heavy atom. The summed E-state index contributed by atoms with van der Waals surface area (Å²) in [6.07, 6.45) is 1.84. The van der Waals surface area contributed by atoms with Gasteiger partial charge in [-0.1, -0.05) is 28.1 Å². The topological polar surface area (TPSA) is 82.9 Å². The molecule has 4 rings (SSSR count). The van der Waals surface area contributed by atoms with Crippen LogP contribution in [0, 0.1) is 5.92 Å². The van der Waals surface area contributed by atoms with Crippen LogP contribution in [0.1, 0.15) is 25.5 Å². The largest absolute Gasteiger partial charge is 0.459 e. The molecule has 1 aromatic carbocycles. The van der Waals surface area contributed by atoms with Gasteiger partial charge in [0, 0.05) is 17.1 Å². The lowest BCUT2D eigenvalue weighted by Crippen LogP contribution is -2.47. The molecule has 2 aromatic rings. The van der Waals surface area contributed by atoms with Crippen molar-refractivity contribution in [1.82, 2.24) is 15.1 Å². The number of nitrogens with zero attached hydrogens (tertiary/aromatic N) is 2. The molecule has 0 unspecified atom stereocenters. The van der Waals surface area contributed by atoms with Gasteiger partial charge in [-0.3, -0.25) is 14.5 Å². The molecule has 2 aliphatic rings. The maximum atomic E-state index is 12.7. The highest BCUT2D eigenvalue weighted by Crippen LogP contribution is 2.42. The van der Waals surface area contributed by atoms with Gasteiger partial charge in [0.05, 0.1) is 6.54 Å². The Morgan fingerprint density at radius 3 is 2.59 bits per heavy atom. The summed E-state index contributed by atoms with van der Waals surface area (Å²) in [6, 6.07) is 10.9. The molecule has 8 heteroatoms. The summed E-state index contributed by atoms with van der Waals surface area (Å²) in [5, 5.41) is 2.76. The number of amides is 4. The lowest BCUT2D eigenvalue weighted by Gasteiger charge is -2.22. The number of urea groups is 1. The first-order chi connectivity index (χ1) is 13.8. The molecule has 1 aliphatic heterocycles. The van der Waals surface area contributed by atoms with Crippen molar-refractivity contribution in [3.63, 3.8) is 0 Å². The number of carbonyl (C=O) groups is 3. The molecule has 1 saturated heterocycles. The maximum Gasteiger partial charge on any atom is 0.325 e. The highest BCUT2D eigenvalue weighted by molar-refractivity contribution is 9.10. The molecule has 152 valence electrons. The van der Waals surface area contributed by atoms with Gasteiger partial charge in [0.1, 0.15) is 23.6 Å². The van der Waals surface area contributed by atoms with Crippen LogP contribution in [0.25, 0.3) is 11.3 Å². The minimum Gasteiger partial charge on any atom is -0.459 e. The Morgan fingerprint density at radius 2 is 1.93 bits per heavy atom. The number of hydrogen-bond donors (Lipinski definition) is 1. The monoisotopic (exact) mass is 459 g/mol. The normalized spacial score (nSPS) is 21.4. The number of rotatable bonds is 6. The zero-order valence-corrected chi connectivity index (χ0v) is 17.9. The molecule has 2 heterocycles. The molecular formula is C21H22BrN3O4. The predicted molar refractivity (Wildman–Crippen MR) is 110 cm³/mol. The molecule has 2 fully saturated rings. The van der Waals surface area contributed by atoms with E-state index in [-0.39, 0.29) is 30.8 Å². The van der Waals surface area contributed by atoms with Gasteiger partial charge in [-0.25, -0.2) is 4.79 Å². The molecule has 0 radical (unpaired) electrons. The second-order valence-electron chi connectivity index (χ2n) is 7.82. The van der Waals surface area contributed by atoms with E-state index in [9.17, 15) is 14.4 Å². The van der Waals surface area contributed by atoms with Crippen LogP contribution in [-0.2, 0) is 16.1 Å². The Balaban J connectivity index is 1.38. The molecular weight excluding hydrogens is 438 g/mol. The van der Waals surface area contributed by atoms with Gasteiger partial charge in [0.25, 0.3) is 5.91 Å². The fraction of sp³-hybridized carbons (Fsp3) is 0.381. The molecule has 0 bridgehead atoms. The average Bonchev–Trinajstić information content (AvgIpc) is 3.41. The number of hydrogen-bond acceptors (Lipinski definition) is 4. The third-order valence-corrected chi connectivity index (χ3v) is 6.13. The fourth-order valence-corrected chi connectivity index (χ4v) is 3.87. The molecule has 1 aromatic heterocycles. The van der Waals surface area contributed by atoms with E-state index in [1.807, 2.05) is 36.4 Å². The molecule has 1 N–H and O–H groups in total. The first-order valence-corrected chi connectivity index (χ1v) is 10.3. The summed E-state index contributed by atoms with van der Waals surface area (Å²) in [5.74, 6) is 0.857. The smallest absolute Gasteiger partial charge is 0.325 e. The van der Waals surface area contributed by atoms with Gasteiger partial charge in [-0.2, -0.15) is 0 Å². The van der Waals surface area contributed by atoms with Crippen LogP contribution in [0.4, 0.5) is 4.79 Å². The Hall–Kier alpha value is -2.61. The number of halogens is 1. The first kappa shape index (κ1) is 19.7. The van der Waals surface area contributed by atoms with Crippen LogP contribution in [-0.4, -0.2) is 46.8 Å². The van der Waals surface area contributed by atoms with Crippen molar-refractivity contribution in [3.8, 4) is 11.3 Å². The molecule has 0 spiro atoms. The molecule has 1 aliphatic carbocycles. The van der Waals surface area contributed by atoms with Crippen LogP contribution in [0.3, 0.4) is 0 Å². The standard InChI is InChI=1S/C21H22BrN3O4/c1-21(14-5-6-14)19(27)25(20(28)23-21)12-18(26)24(2)11-16-9-10-17(29-16)13-3-7-15(22)8-4-13/h3-4,7-10,14H,5-6,11-12H2,1-2H3,(H,23,28)/t21-/m1/s1. The van der Waals surface area contributed by atoms with Crippen LogP contribution in [0.2, 0.25) is 0 Å². The van der Waals surface area contributed by atoms with Crippen LogP contribution in [0.15, 0.2) is 45.3 Å². The Bertz CT molecular complexity index is 967. The molecule has 4 amide bonds. The third kappa shape index (κ3) is 3.81. The van der Waals surface area contributed by atoms with Gasteiger partial charge >= 0.3 is 6.03 Å². The van der Waals surface area contributed by atoms with Gasteiger partial charge < -0.3 is 14.6 Å². The van der Waals surface area contributed by atoms with Crippen molar-refractivity contribution in [2.45, 2.75) is 31.8 Å². The molecule has 1 saturated carbocycles. The molecule has 29 heavy (non-hydrogen) atoms. The maximum absolute atomic E-state index is 12.7. The number of carbonyl (C=O) groups excluding carboxylic acids is 3. The van der Waals surface area contributed by atoms with E-state index >= 15 is 0 Å². The van der Waals surface area contributed by atoms with Gasteiger partial charge in [-0.15, -0.1) is 0 Å². The van der Waals surface area contributed by atoms with Gasteiger partial charge in [0.15, 0.2) is 0 Å². The van der Waals surface area contributed by atoms with Crippen molar-refractivity contribution < 1.29 is 18.8 Å². The summed E-state index contributed by atoms with van der Waals surface area (Å²) in [7, 11) is 1.63. The second-order valence-corrected chi connectivity index (χ2v) is 8.74. The van der Waals surface area contributed by atoms with Crippen molar-refractivity contribution in [2.75, 3.05) is 13.6 Å². The van der Waals surface area contributed by atoms with E-state index in [1.54, 1.807) is 14.0 Å². The predicted octanol–water partition coefficient (Wildman–Crippen LogP) is 3.39. The quantitative estimate of drug-likeness (QED) is 0.671. The molecule has 1 atom stereocenters. The zero-order chi connectivity index (χ0) is 20.8. The van der Waals surface area contributed by atoms with Crippen LogP contribution < -0.4 is 5.32 Å². The van der Waals surface area contributed by atoms with Gasteiger partial charge in [0.2, 0.25) is 5.91 Å². The number of imide groups is 1. The van der Waals surface area contributed by atoms with Gasteiger partial charge in [-0.05, 0) is 49.9 Å². The number of benzene rings is 1. The highest BCUT2D eigenvalue weighted by Gasteiger charge is 2.56. The number of nitrogens with one attached hydrogen (secondary N) is 1.